The first-order chi connectivity index (χ1) is 18.1. The number of nitrogens with one attached hydrogen (secondary N) is 1. The fourth-order valence-corrected chi connectivity index (χ4v) is 3.62. The molecule has 0 saturated heterocycles. The van der Waals surface area contributed by atoms with Crippen molar-refractivity contribution in [2.75, 3.05) is 33.0 Å². The number of hydrogen-bond acceptors (Lipinski definition) is 8. The molecule has 0 unspecified atom stereocenters. The van der Waals surface area contributed by atoms with E-state index in [9.17, 15) is 14.4 Å². The molecule has 2 aromatic carbocycles. The second-order valence-corrected chi connectivity index (χ2v) is 9.45. The molecule has 208 valence electrons. The highest BCUT2D eigenvalue weighted by molar-refractivity contribution is 5.71. The van der Waals surface area contributed by atoms with Crippen LogP contribution in [0.2, 0.25) is 0 Å². The molecule has 0 bridgehead atoms. The molecule has 0 radical (unpaired) electrons. The van der Waals surface area contributed by atoms with Gasteiger partial charge in [0, 0.05) is 12.5 Å². The van der Waals surface area contributed by atoms with Crippen LogP contribution in [0, 0.1) is 0 Å². The van der Waals surface area contributed by atoms with Gasteiger partial charge in [-0.2, -0.15) is 0 Å². The number of carbonyl (C=O) groups excluding carboxylic acids is 3. The van der Waals surface area contributed by atoms with E-state index in [1.165, 1.54) is 0 Å². The maximum absolute atomic E-state index is 12.0. The van der Waals surface area contributed by atoms with Gasteiger partial charge in [-0.15, -0.1) is 0 Å². The van der Waals surface area contributed by atoms with E-state index in [0.29, 0.717) is 37.7 Å². The molecule has 0 aliphatic rings. The number of amides is 1. The molecule has 0 aliphatic carbocycles. The lowest BCUT2D eigenvalue weighted by atomic mass is 9.87. The number of ether oxygens (including phenoxy) is 5. The third-order valence-electron chi connectivity index (χ3n) is 5.23. The van der Waals surface area contributed by atoms with E-state index in [1.54, 1.807) is 13.8 Å². The highest BCUT2D eigenvalue weighted by atomic mass is 16.6. The molecule has 1 N–H and O–H groups in total. The summed E-state index contributed by atoms with van der Waals surface area (Å²) in [6, 6.07) is 15.1. The predicted octanol–water partition coefficient (Wildman–Crippen LogP) is 5.01. The smallest absolute Gasteiger partial charge is 0.407 e. The minimum atomic E-state index is -0.555. The summed E-state index contributed by atoms with van der Waals surface area (Å²) in [6.45, 7) is 9.72. The lowest BCUT2D eigenvalue weighted by Gasteiger charge is -2.21. The number of alkyl carbamates (subject to hydrolysis) is 1. The topological polar surface area (TPSA) is 109 Å². The van der Waals surface area contributed by atoms with Crippen LogP contribution in [0.15, 0.2) is 48.5 Å². The molecule has 0 heterocycles. The van der Waals surface area contributed by atoms with Gasteiger partial charge in [-0.1, -0.05) is 24.3 Å². The van der Waals surface area contributed by atoms with E-state index in [2.05, 4.69) is 5.32 Å². The van der Waals surface area contributed by atoms with Gasteiger partial charge in [-0.3, -0.25) is 0 Å². The summed E-state index contributed by atoms with van der Waals surface area (Å²) >= 11 is 0. The van der Waals surface area contributed by atoms with Crippen molar-refractivity contribution < 1.29 is 38.1 Å². The molecular formula is C29H39NO8. The highest BCUT2D eigenvalue weighted by Gasteiger charge is 2.18. The summed E-state index contributed by atoms with van der Waals surface area (Å²) in [5.41, 5.74) is 1.54. The van der Waals surface area contributed by atoms with Crippen molar-refractivity contribution in [3.8, 4) is 11.5 Å². The molecule has 9 nitrogen and oxygen atoms in total. The van der Waals surface area contributed by atoms with Gasteiger partial charge in [-0.05, 0) is 82.9 Å². The monoisotopic (exact) mass is 529 g/mol. The summed E-state index contributed by atoms with van der Waals surface area (Å²) in [4.78, 5) is 35.1. The first-order valence-corrected chi connectivity index (χ1v) is 12.8. The number of rotatable bonds is 14. The van der Waals surface area contributed by atoms with Gasteiger partial charge in [0.15, 0.2) is 13.2 Å². The second kappa shape index (κ2) is 15.5. The zero-order valence-electron chi connectivity index (χ0n) is 22.9. The fraction of sp³-hybridized carbons (Fsp3) is 0.483. The molecule has 0 aliphatic heterocycles. The molecule has 1 amide bonds. The molecule has 0 aromatic heterocycles. The van der Waals surface area contributed by atoms with Gasteiger partial charge in [-0.25, -0.2) is 14.4 Å². The number of esters is 2. The Bertz CT molecular complexity index is 947. The van der Waals surface area contributed by atoms with Crippen LogP contribution in [0.5, 0.6) is 11.5 Å². The Morgan fingerprint density at radius 2 is 1.21 bits per heavy atom. The van der Waals surface area contributed by atoms with Gasteiger partial charge in [0.05, 0.1) is 13.2 Å². The fourth-order valence-electron chi connectivity index (χ4n) is 3.62. The van der Waals surface area contributed by atoms with Crippen LogP contribution in [0.3, 0.4) is 0 Å². The maximum Gasteiger partial charge on any atom is 0.407 e. The van der Waals surface area contributed by atoms with E-state index in [-0.39, 0.29) is 19.1 Å². The third kappa shape index (κ3) is 11.5. The Morgan fingerprint density at radius 3 is 1.61 bits per heavy atom. The maximum atomic E-state index is 12.0. The molecule has 0 atom stereocenters. The van der Waals surface area contributed by atoms with Crippen molar-refractivity contribution >= 4 is 18.0 Å². The first kappa shape index (κ1) is 30.5. The van der Waals surface area contributed by atoms with Crippen molar-refractivity contribution in [1.82, 2.24) is 5.32 Å². The molecule has 0 saturated carbocycles. The van der Waals surface area contributed by atoms with E-state index < -0.39 is 23.6 Å². The zero-order valence-corrected chi connectivity index (χ0v) is 22.9. The molecule has 9 heteroatoms. The van der Waals surface area contributed by atoms with Gasteiger partial charge < -0.3 is 29.0 Å². The normalized spacial score (nSPS) is 11.0. The van der Waals surface area contributed by atoms with E-state index in [1.807, 2.05) is 69.3 Å². The second-order valence-electron chi connectivity index (χ2n) is 9.45. The Hall–Kier alpha value is -3.75. The van der Waals surface area contributed by atoms with Gasteiger partial charge in [0.1, 0.15) is 17.1 Å². The van der Waals surface area contributed by atoms with Gasteiger partial charge in [0.2, 0.25) is 0 Å². The predicted molar refractivity (Wildman–Crippen MR) is 142 cm³/mol. The lowest BCUT2D eigenvalue weighted by Crippen LogP contribution is -2.33. The summed E-state index contributed by atoms with van der Waals surface area (Å²) in [5.74, 6) is 0.313. The van der Waals surface area contributed by atoms with Crippen LogP contribution in [0.1, 0.15) is 64.5 Å². The van der Waals surface area contributed by atoms with Crippen LogP contribution >= 0.6 is 0 Å². The Kier molecular flexibility index (Phi) is 12.4. The SMILES string of the molecule is CCOC(=O)COc1ccc(C(CCCNC(=O)OC(C)(C)C)c2ccc(OCC(=O)OCC)cc2)cc1. The van der Waals surface area contributed by atoms with Gasteiger partial charge in [0.25, 0.3) is 0 Å². The number of carbonyl (C=O) groups is 3. The standard InChI is InChI=1S/C29H39NO8/c1-6-34-26(31)19-36-23-14-10-21(11-15-23)25(9-8-18-30-28(33)38-29(3,4)5)22-12-16-24(17-13-22)37-20-27(32)35-7-2/h10-17,25H,6-9,18-20H2,1-5H3,(H,30,33). The molecule has 2 rings (SSSR count). The van der Waals surface area contributed by atoms with Crippen LogP contribution in [0.4, 0.5) is 4.79 Å². The summed E-state index contributed by atoms with van der Waals surface area (Å²) in [7, 11) is 0. The van der Waals surface area contributed by atoms with Crippen LogP contribution in [0.25, 0.3) is 0 Å². The van der Waals surface area contributed by atoms with Crippen molar-refractivity contribution in [2.24, 2.45) is 0 Å². The Labute approximate surface area is 224 Å². The third-order valence-corrected chi connectivity index (χ3v) is 5.23. The van der Waals surface area contributed by atoms with Crippen molar-refractivity contribution in [3.63, 3.8) is 0 Å². The molecule has 2 aromatic rings. The quantitative estimate of drug-likeness (QED) is 0.207. The van der Waals surface area contributed by atoms with E-state index >= 15 is 0 Å². The minimum Gasteiger partial charge on any atom is -0.482 e. The van der Waals surface area contributed by atoms with E-state index in [0.717, 1.165) is 17.5 Å². The largest absolute Gasteiger partial charge is 0.482 e. The average Bonchev–Trinajstić information content (AvgIpc) is 2.86. The summed E-state index contributed by atoms with van der Waals surface area (Å²) in [5, 5.41) is 2.80. The van der Waals surface area contributed by atoms with Gasteiger partial charge >= 0.3 is 18.0 Å². The Balaban J connectivity index is 2.08. The lowest BCUT2D eigenvalue weighted by molar-refractivity contribution is -0.146. The first-order valence-electron chi connectivity index (χ1n) is 12.8. The van der Waals surface area contributed by atoms with Crippen molar-refractivity contribution in [1.29, 1.82) is 0 Å². The van der Waals surface area contributed by atoms with Crippen LogP contribution in [-0.4, -0.2) is 56.6 Å². The number of benzene rings is 2. The molecule has 0 fully saturated rings. The molecule has 38 heavy (non-hydrogen) atoms. The average molecular weight is 530 g/mol. The van der Waals surface area contributed by atoms with Crippen LogP contribution in [-0.2, 0) is 23.8 Å². The summed E-state index contributed by atoms with van der Waals surface area (Å²) in [6.07, 6.45) is 1.02. The minimum absolute atomic E-state index is 0.0219. The summed E-state index contributed by atoms with van der Waals surface area (Å²) < 4.78 is 26.1. The van der Waals surface area contributed by atoms with Crippen molar-refractivity contribution in [3.05, 3.63) is 59.7 Å². The zero-order chi connectivity index (χ0) is 28.0. The van der Waals surface area contributed by atoms with Crippen molar-refractivity contribution in [2.45, 2.75) is 59.0 Å². The molecular weight excluding hydrogens is 490 g/mol. The molecule has 0 spiro atoms. The highest BCUT2D eigenvalue weighted by Crippen LogP contribution is 2.31. The Morgan fingerprint density at radius 1 is 0.763 bits per heavy atom. The number of hydrogen-bond donors (Lipinski definition) is 1. The van der Waals surface area contributed by atoms with E-state index in [4.69, 9.17) is 23.7 Å². The van der Waals surface area contributed by atoms with Crippen LogP contribution < -0.4 is 14.8 Å².